The lowest BCUT2D eigenvalue weighted by Crippen LogP contribution is -2.06. The van der Waals surface area contributed by atoms with Gasteiger partial charge in [-0.25, -0.2) is 8.78 Å². The van der Waals surface area contributed by atoms with Gasteiger partial charge in [-0.05, 0) is 36.8 Å². The van der Waals surface area contributed by atoms with Gasteiger partial charge in [0, 0.05) is 17.5 Å². The molecule has 0 saturated carbocycles. The van der Waals surface area contributed by atoms with Crippen LogP contribution in [0.5, 0.6) is 0 Å². The molecule has 5 heteroatoms. The van der Waals surface area contributed by atoms with Crippen molar-refractivity contribution in [1.29, 1.82) is 0 Å². The summed E-state index contributed by atoms with van der Waals surface area (Å²) >= 11 is 5.11. The van der Waals surface area contributed by atoms with E-state index >= 15 is 0 Å². The van der Waals surface area contributed by atoms with Crippen LogP contribution in [0.1, 0.15) is 18.2 Å². The number of hydrogen-bond acceptors (Lipinski definition) is 1. The first-order chi connectivity index (χ1) is 8.11. The molecule has 1 heterocycles. The predicted molar refractivity (Wildman–Crippen MR) is 64.5 cm³/mol. The van der Waals surface area contributed by atoms with Crippen molar-refractivity contribution in [3.05, 3.63) is 52.1 Å². The van der Waals surface area contributed by atoms with E-state index in [4.69, 9.17) is 12.2 Å². The Kier molecular flexibility index (Phi) is 3.38. The van der Waals surface area contributed by atoms with Crippen LogP contribution in [-0.4, -0.2) is 9.55 Å². The van der Waals surface area contributed by atoms with Crippen LogP contribution in [0.15, 0.2) is 24.4 Å². The van der Waals surface area contributed by atoms with Gasteiger partial charge >= 0.3 is 0 Å². The summed E-state index contributed by atoms with van der Waals surface area (Å²) in [5.41, 5.74) is 1.27. The minimum absolute atomic E-state index is 0.245. The highest BCUT2D eigenvalue weighted by molar-refractivity contribution is 7.71. The van der Waals surface area contributed by atoms with Gasteiger partial charge in [0.2, 0.25) is 0 Å². The molecular weight excluding hydrogens is 242 g/mol. The van der Waals surface area contributed by atoms with Crippen molar-refractivity contribution >= 4 is 12.2 Å². The molecule has 1 aromatic heterocycles. The van der Waals surface area contributed by atoms with Crippen molar-refractivity contribution in [1.82, 2.24) is 9.55 Å². The molecule has 0 aliphatic rings. The molecule has 1 N–H and O–H groups in total. The van der Waals surface area contributed by atoms with Gasteiger partial charge in [-0.2, -0.15) is 0 Å². The minimum Gasteiger partial charge on any atom is -0.337 e. The fourth-order valence-electron chi connectivity index (χ4n) is 1.73. The van der Waals surface area contributed by atoms with Gasteiger partial charge in [0.15, 0.2) is 4.77 Å². The van der Waals surface area contributed by atoms with Crippen molar-refractivity contribution in [3.63, 3.8) is 0 Å². The van der Waals surface area contributed by atoms with E-state index in [1.54, 1.807) is 10.8 Å². The normalized spacial score (nSPS) is 10.8. The molecule has 17 heavy (non-hydrogen) atoms. The van der Waals surface area contributed by atoms with Crippen molar-refractivity contribution in [2.24, 2.45) is 0 Å². The molecule has 0 spiro atoms. The van der Waals surface area contributed by atoms with Crippen molar-refractivity contribution in [2.45, 2.75) is 19.9 Å². The third-order valence-electron chi connectivity index (χ3n) is 2.65. The van der Waals surface area contributed by atoms with Crippen LogP contribution in [0.25, 0.3) is 0 Å². The zero-order valence-electron chi connectivity index (χ0n) is 9.34. The van der Waals surface area contributed by atoms with Crippen molar-refractivity contribution in [3.8, 4) is 0 Å². The number of aryl methyl sites for hydroxylation is 1. The lowest BCUT2D eigenvalue weighted by atomic mass is 10.2. The molecule has 2 nitrogen and oxygen atoms in total. The van der Waals surface area contributed by atoms with Gasteiger partial charge in [-0.3, -0.25) is 0 Å². The Balaban J connectivity index is 2.40. The largest absolute Gasteiger partial charge is 0.337 e. The molecule has 0 unspecified atom stereocenters. The van der Waals surface area contributed by atoms with Gasteiger partial charge in [-0.15, -0.1) is 0 Å². The van der Waals surface area contributed by atoms with Crippen LogP contribution in [0.2, 0.25) is 0 Å². The Labute approximate surface area is 103 Å². The smallest absolute Gasteiger partial charge is 0.177 e. The zero-order valence-corrected chi connectivity index (χ0v) is 10.2. The lowest BCUT2D eigenvalue weighted by molar-refractivity contribution is 0.573. The fourth-order valence-corrected chi connectivity index (χ4v) is 1.97. The molecule has 0 aliphatic heterocycles. The summed E-state index contributed by atoms with van der Waals surface area (Å²) in [5, 5.41) is 0. The standard InChI is InChI=1S/C12H12F2N2S/c1-2-10-6-15-12(17)16(10)7-8-5-9(13)3-4-11(8)14/h3-6H,2,7H2,1H3,(H,15,17). The van der Waals surface area contributed by atoms with Gasteiger partial charge in [-0.1, -0.05) is 6.92 Å². The summed E-state index contributed by atoms with van der Waals surface area (Å²) in [4.78, 5) is 2.90. The minimum atomic E-state index is -0.443. The number of benzene rings is 1. The van der Waals surface area contributed by atoms with Gasteiger partial charge < -0.3 is 9.55 Å². The second-order valence-corrected chi connectivity index (χ2v) is 4.15. The van der Waals surface area contributed by atoms with E-state index in [1.807, 2.05) is 6.92 Å². The van der Waals surface area contributed by atoms with Gasteiger partial charge in [0.1, 0.15) is 11.6 Å². The first-order valence-corrected chi connectivity index (χ1v) is 5.73. The quantitative estimate of drug-likeness (QED) is 0.832. The number of aromatic nitrogens is 2. The van der Waals surface area contributed by atoms with E-state index in [2.05, 4.69) is 4.98 Å². The fraction of sp³-hybridized carbons (Fsp3) is 0.250. The Morgan fingerprint density at radius 1 is 1.35 bits per heavy atom. The molecule has 0 saturated heterocycles. The highest BCUT2D eigenvalue weighted by atomic mass is 32.1. The first-order valence-electron chi connectivity index (χ1n) is 5.33. The number of halogens is 2. The van der Waals surface area contributed by atoms with Crippen molar-refractivity contribution < 1.29 is 8.78 Å². The molecule has 0 atom stereocenters. The lowest BCUT2D eigenvalue weighted by Gasteiger charge is -2.08. The summed E-state index contributed by atoms with van der Waals surface area (Å²) < 4.78 is 28.8. The van der Waals surface area contributed by atoms with Crippen LogP contribution in [0.3, 0.4) is 0 Å². The SMILES string of the molecule is CCc1c[nH]c(=S)n1Cc1cc(F)ccc1F. The molecule has 2 aromatic rings. The maximum absolute atomic E-state index is 13.5. The van der Waals surface area contributed by atoms with Crippen LogP contribution >= 0.6 is 12.2 Å². The molecule has 1 aromatic carbocycles. The number of rotatable bonds is 3. The number of hydrogen-bond donors (Lipinski definition) is 1. The van der Waals surface area contributed by atoms with E-state index in [1.165, 1.54) is 6.07 Å². The van der Waals surface area contributed by atoms with Gasteiger partial charge in [0.25, 0.3) is 0 Å². The second kappa shape index (κ2) is 4.79. The molecule has 0 amide bonds. The summed E-state index contributed by atoms with van der Waals surface area (Å²) in [6.45, 7) is 2.23. The third kappa shape index (κ3) is 2.44. The van der Waals surface area contributed by atoms with E-state index < -0.39 is 11.6 Å². The Morgan fingerprint density at radius 3 is 2.82 bits per heavy atom. The summed E-state index contributed by atoms with van der Waals surface area (Å²) in [6, 6.07) is 3.44. The summed E-state index contributed by atoms with van der Waals surface area (Å²) in [6.07, 6.45) is 2.57. The van der Waals surface area contributed by atoms with Crippen LogP contribution in [-0.2, 0) is 13.0 Å². The second-order valence-electron chi connectivity index (χ2n) is 3.76. The number of imidazole rings is 1. The van der Waals surface area contributed by atoms with Crippen molar-refractivity contribution in [2.75, 3.05) is 0 Å². The summed E-state index contributed by atoms with van der Waals surface area (Å²) in [7, 11) is 0. The van der Waals surface area contributed by atoms with Crippen LogP contribution in [0, 0.1) is 16.4 Å². The van der Waals surface area contributed by atoms with E-state index in [-0.39, 0.29) is 6.54 Å². The average molecular weight is 254 g/mol. The molecule has 0 bridgehead atoms. The number of nitrogens with zero attached hydrogens (tertiary/aromatic N) is 1. The summed E-state index contributed by atoms with van der Waals surface area (Å²) in [5.74, 6) is -0.863. The van der Waals surface area contributed by atoms with E-state index in [0.29, 0.717) is 10.3 Å². The Hall–Kier alpha value is -1.49. The zero-order chi connectivity index (χ0) is 12.4. The maximum Gasteiger partial charge on any atom is 0.177 e. The Morgan fingerprint density at radius 2 is 2.12 bits per heavy atom. The van der Waals surface area contributed by atoms with Gasteiger partial charge in [0.05, 0.1) is 6.54 Å². The molecule has 0 aliphatic carbocycles. The number of nitrogens with one attached hydrogen (secondary N) is 1. The molecular formula is C12H12F2N2S. The highest BCUT2D eigenvalue weighted by Crippen LogP contribution is 2.13. The highest BCUT2D eigenvalue weighted by Gasteiger charge is 2.08. The monoisotopic (exact) mass is 254 g/mol. The number of H-pyrrole nitrogens is 1. The molecule has 0 radical (unpaired) electrons. The van der Waals surface area contributed by atoms with E-state index in [9.17, 15) is 8.78 Å². The third-order valence-corrected chi connectivity index (χ3v) is 2.99. The average Bonchev–Trinajstić information content (AvgIpc) is 2.65. The number of aromatic amines is 1. The first kappa shape index (κ1) is 12.0. The molecule has 90 valence electrons. The van der Waals surface area contributed by atoms with E-state index in [0.717, 1.165) is 24.2 Å². The van der Waals surface area contributed by atoms with Crippen LogP contribution in [0.4, 0.5) is 8.78 Å². The molecule has 2 rings (SSSR count). The Bertz CT molecular complexity index is 586. The molecule has 0 fully saturated rings. The van der Waals surface area contributed by atoms with Crippen LogP contribution < -0.4 is 0 Å². The maximum atomic E-state index is 13.5. The predicted octanol–water partition coefficient (Wildman–Crippen LogP) is 3.43. The topological polar surface area (TPSA) is 20.7 Å².